The molecule has 1 aliphatic rings. The molecule has 0 saturated heterocycles. The van der Waals surface area contributed by atoms with Crippen molar-refractivity contribution in [3.8, 4) is 0 Å². The number of benzene rings is 1. The van der Waals surface area contributed by atoms with Gasteiger partial charge in [0.1, 0.15) is 0 Å². The average Bonchev–Trinajstić information content (AvgIpc) is 2.56. The van der Waals surface area contributed by atoms with Gasteiger partial charge in [0.2, 0.25) is 5.95 Å². The number of nitrogens with zero attached hydrogens (tertiary/aromatic N) is 2. The number of H-pyrrole nitrogens is 1. The molecule has 0 saturated carbocycles. The second kappa shape index (κ2) is 6.96. The van der Waals surface area contributed by atoms with Gasteiger partial charge >= 0.3 is 0 Å². The van der Waals surface area contributed by atoms with Crippen molar-refractivity contribution in [3.05, 3.63) is 57.5 Å². The molecule has 5 heteroatoms. The largest absolute Gasteiger partial charge is 0.353 e. The highest BCUT2D eigenvalue weighted by Gasteiger charge is 2.21. The van der Waals surface area contributed by atoms with Crippen LogP contribution in [-0.2, 0) is 19.5 Å². The lowest BCUT2D eigenvalue weighted by atomic mass is 10.1. The zero-order chi connectivity index (χ0) is 16.2. The van der Waals surface area contributed by atoms with E-state index in [2.05, 4.69) is 58.3 Å². The van der Waals surface area contributed by atoms with Crippen LogP contribution in [0.15, 0.2) is 35.1 Å². The Morgan fingerprint density at radius 1 is 1.35 bits per heavy atom. The molecule has 0 spiro atoms. The van der Waals surface area contributed by atoms with Crippen LogP contribution >= 0.6 is 0 Å². The molecule has 3 rings (SSSR count). The van der Waals surface area contributed by atoms with E-state index in [9.17, 15) is 4.79 Å². The SMILES string of the molecule is CCC(C)Nc1nc2c(c(=O)[nH]1)CN(Cc1ccccc1)CC2. The van der Waals surface area contributed by atoms with E-state index in [4.69, 9.17) is 0 Å². The van der Waals surface area contributed by atoms with E-state index >= 15 is 0 Å². The number of aromatic amines is 1. The van der Waals surface area contributed by atoms with Crippen molar-refractivity contribution in [3.63, 3.8) is 0 Å². The summed E-state index contributed by atoms with van der Waals surface area (Å²) >= 11 is 0. The molecule has 1 unspecified atom stereocenters. The number of aromatic nitrogens is 2. The first kappa shape index (κ1) is 15.7. The zero-order valence-corrected chi connectivity index (χ0v) is 13.8. The Bertz CT molecular complexity index is 711. The highest BCUT2D eigenvalue weighted by molar-refractivity contribution is 5.32. The van der Waals surface area contributed by atoms with Crippen LogP contribution in [0.3, 0.4) is 0 Å². The first-order valence-corrected chi connectivity index (χ1v) is 8.30. The molecule has 0 radical (unpaired) electrons. The fraction of sp³-hybridized carbons (Fsp3) is 0.444. The van der Waals surface area contributed by atoms with Gasteiger partial charge in [0.25, 0.3) is 5.56 Å². The number of fused-ring (bicyclic) bond motifs is 1. The fourth-order valence-corrected chi connectivity index (χ4v) is 2.86. The minimum atomic E-state index is -0.0152. The van der Waals surface area contributed by atoms with Gasteiger partial charge in [0.15, 0.2) is 0 Å². The molecule has 23 heavy (non-hydrogen) atoms. The summed E-state index contributed by atoms with van der Waals surface area (Å²) in [6.07, 6.45) is 1.81. The molecule has 0 amide bonds. The lowest BCUT2D eigenvalue weighted by molar-refractivity contribution is 0.242. The van der Waals surface area contributed by atoms with Crippen LogP contribution in [0.5, 0.6) is 0 Å². The van der Waals surface area contributed by atoms with Gasteiger partial charge < -0.3 is 5.32 Å². The van der Waals surface area contributed by atoms with Gasteiger partial charge in [-0.2, -0.15) is 0 Å². The minimum absolute atomic E-state index is 0.0152. The fourth-order valence-electron chi connectivity index (χ4n) is 2.86. The van der Waals surface area contributed by atoms with Crippen LogP contribution in [0.1, 0.15) is 37.1 Å². The van der Waals surface area contributed by atoms with Gasteiger partial charge in [0.05, 0.1) is 11.3 Å². The van der Waals surface area contributed by atoms with Crippen molar-refractivity contribution in [1.29, 1.82) is 0 Å². The lowest BCUT2D eigenvalue weighted by Gasteiger charge is -2.28. The van der Waals surface area contributed by atoms with Crippen LogP contribution < -0.4 is 10.9 Å². The minimum Gasteiger partial charge on any atom is -0.353 e. The molecule has 0 bridgehead atoms. The van der Waals surface area contributed by atoms with Crippen molar-refractivity contribution in [2.45, 2.75) is 45.8 Å². The highest BCUT2D eigenvalue weighted by atomic mass is 16.1. The van der Waals surface area contributed by atoms with E-state index in [1.165, 1.54) is 5.56 Å². The van der Waals surface area contributed by atoms with Crippen LogP contribution in [0, 0.1) is 0 Å². The molecule has 0 aliphatic carbocycles. The average molecular weight is 312 g/mol. The Kier molecular flexibility index (Phi) is 4.76. The van der Waals surface area contributed by atoms with Crippen molar-refractivity contribution >= 4 is 5.95 Å². The number of hydrogen-bond acceptors (Lipinski definition) is 4. The Morgan fingerprint density at radius 3 is 2.87 bits per heavy atom. The Labute approximate surface area is 136 Å². The van der Waals surface area contributed by atoms with Gasteiger partial charge in [-0.25, -0.2) is 4.98 Å². The van der Waals surface area contributed by atoms with E-state index in [1.54, 1.807) is 0 Å². The van der Waals surface area contributed by atoms with Gasteiger partial charge in [-0.05, 0) is 18.9 Å². The molecular formula is C18H24N4O. The molecule has 122 valence electrons. The molecule has 1 aromatic heterocycles. The Morgan fingerprint density at radius 2 is 2.13 bits per heavy atom. The predicted octanol–water partition coefficient (Wildman–Crippen LogP) is 2.54. The maximum Gasteiger partial charge on any atom is 0.257 e. The second-order valence-corrected chi connectivity index (χ2v) is 6.24. The number of anilines is 1. The van der Waals surface area contributed by atoms with Crippen molar-refractivity contribution in [1.82, 2.24) is 14.9 Å². The van der Waals surface area contributed by atoms with E-state index in [0.29, 0.717) is 18.5 Å². The molecule has 2 aromatic rings. The summed E-state index contributed by atoms with van der Waals surface area (Å²) < 4.78 is 0. The first-order chi connectivity index (χ1) is 11.2. The number of hydrogen-bond donors (Lipinski definition) is 2. The van der Waals surface area contributed by atoms with Crippen LogP contribution in [0.2, 0.25) is 0 Å². The van der Waals surface area contributed by atoms with Crippen molar-refractivity contribution < 1.29 is 0 Å². The topological polar surface area (TPSA) is 61.0 Å². The maximum atomic E-state index is 12.4. The third-order valence-electron chi connectivity index (χ3n) is 4.39. The summed E-state index contributed by atoms with van der Waals surface area (Å²) in [5.74, 6) is 0.597. The zero-order valence-electron chi connectivity index (χ0n) is 13.8. The van der Waals surface area contributed by atoms with Crippen molar-refractivity contribution in [2.75, 3.05) is 11.9 Å². The highest BCUT2D eigenvalue weighted by Crippen LogP contribution is 2.17. The summed E-state index contributed by atoms with van der Waals surface area (Å²) in [4.78, 5) is 22.2. The van der Waals surface area contributed by atoms with Gasteiger partial charge in [-0.15, -0.1) is 0 Å². The normalized spacial score (nSPS) is 15.9. The number of nitrogens with one attached hydrogen (secondary N) is 2. The quantitative estimate of drug-likeness (QED) is 0.891. The summed E-state index contributed by atoms with van der Waals surface area (Å²) in [5, 5.41) is 3.25. The molecule has 5 nitrogen and oxygen atoms in total. The number of rotatable bonds is 5. The third kappa shape index (κ3) is 3.79. The van der Waals surface area contributed by atoms with E-state index in [-0.39, 0.29) is 5.56 Å². The molecule has 1 aromatic carbocycles. The molecule has 1 aliphatic heterocycles. The van der Waals surface area contributed by atoms with E-state index in [0.717, 1.165) is 37.2 Å². The summed E-state index contributed by atoms with van der Waals surface area (Å²) in [5.41, 5.74) is 3.00. The van der Waals surface area contributed by atoms with Gasteiger partial charge in [-0.1, -0.05) is 37.3 Å². The van der Waals surface area contributed by atoms with E-state index in [1.807, 2.05) is 6.07 Å². The third-order valence-corrected chi connectivity index (χ3v) is 4.39. The summed E-state index contributed by atoms with van der Waals surface area (Å²) in [7, 11) is 0. The standard InChI is InChI=1S/C18H24N4O/c1-3-13(2)19-18-20-16-9-10-22(12-15(16)17(23)21-18)11-14-7-5-4-6-8-14/h4-8,13H,3,9-12H2,1-2H3,(H2,19,20,21,23). The summed E-state index contributed by atoms with van der Waals surface area (Å²) in [6.45, 7) is 6.65. The van der Waals surface area contributed by atoms with Crippen LogP contribution in [0.25, 0.3) is 0 Å². The first-order valence-electron chi connectivity index (χ1n) is 8.30. The molecule has 1 atom stereocenters. The molecule has 0 fully saturated rings. The van der Waals surface area contributed by atoms with Gasteiger partial charge in [0, 0.05) is 32.1 Å². The van der Waals surface area contributed by atoms with Crippen molar-refractivity contribution in [2.24, 2.45) is 0 Å². The van der Waals surface area contributed by atoms with Crippen LogP contribution in [0.4, 0.5) is 5.95 Å². The maximum absolute atomic E-state index is 12.4. The Hall–Kier alpha value is -2.14. The smallest absolute Gasteiger partial charge is 0.257 e. The van der Waals surface area contributed by atoms with Crippen LogP contribution in [-0.4, -0.2) is 27.5 Å². The monoisotopic (exact) mass is 312 g/mol. The van der Waals surface area contributed by atoms with E-state index < -0.39 is 0 Å². The molecule has 2 heterocycles. The second-order valence-electron chi connectivity index (χ2n) is 6.24. The lowest BCUT2D eigenvalue weighted by Crippen LogP contribution is -2.36. The van der Waals surface area contributed by atoms with Gasteiger partial charge in [-0.3, -0.25) is 14.7 Å². The summed E-state index contributed by atoms with van der Waals surface area (Å²) in [6, 6.07) is 10.7. The molecular weight excluding hydrogens is 288 g/mol. The molecule has 2 N–H and O–H groups in total. The Balaban J connectivity index is 1.75. The predicted molar refractivity (Wildman–Crippen MR) is 92.5 cm³/mol.